The fraction of sp³-hybridized carbons (Fsp3) is 0.111. The van der Waals surface area contributed by atoms with Gasteiger partial charge in [-0.1, -0.05) is 11.6 Å². The molecule has 0 bridgehead atoms. The minimum atomic E-state index is -0.305. The van der Waals surface area contributed by atoms with E-state index in [1.54, 1.807) is 17.5 Å². The minimum Gasteiger partial charge on any atom is -0.304 e. The molecule has 5 nitrogen and oxygen atoms in total. The van der Waals surface area contributed by atoms with E-state index in [0.717, 1.165) is 5.01 Å². The van der Waals surface area contributed by atoms with Gasteiger partial charge in [0.25, 0.3) is 5.91 Å². The Morgan fingerprint density at radius 2 is 2.25 bits per heavy atom. The summed E-state index contributed by atoms with van der Waals surface area (Å²) in [5.41, 5.74) is 0.374. The Hall–Kier alpha value is -1.53. The zero-order chi connectivity index (χ0) is 11.5. The zero-order valence-corrected chi connectivity index (χ0v) is 9.84. The van der Waals surface area contributed by atoms with Crippen molar-refractivity contribution in [3.05, 3.63) is 33.4 Å². The van der Waals surface area contributed by atoms with Gasteiger partial charge >= 0.3 is 0 Å². The lowest BCUT2D eigenvalue weighted by molar-refractivity contribution is 0.102. The fourth-order valence-electron chi connectivity index (χ4n) is 1.03. The second-order valence-electron chi connectivity index (χ2n) is 2.95. The lowest BCUT2D eigenvalue weighted by Crippen LogP contribution is -2.13. The van der Waals surface area contributed by atoms with Crippen LogP contribution in [0.3, 0.4) is 0 Å². The molecule has 0 unspecified atom stereocenters. The summed E-state index contributed by atoms with van der Waals surface area (Å²) in [5, 5.41) is 12.7. The molecule has 1 amide bonds. The van der Waals surface area contributed by atoms with Crippen LogP contribution in [0, 0.1) is 6.92 Å². The number of carbonyl (C=O) groups excluding carboxylic acids is 1. The number of rotatable bonds is 2. The average molecular weight is 255 g/mol. The molecule has 0 aliphatic rings. The van der Waals surface area contributed by atoms with Crippen LogP contribution in [0.5, 0.6) is 0 Å². The van der Waals surface area contributed by atoms with E-state index < -0.39 is 0 Å². The maximum Gasteiger partial charge on any atom is 0.276 e. The molecule has 2 heterocycles. The van der Waals surface area contributed by atoms with E-state index in [-0.39, 0.29) is 11.1 Å². The molecule has 82 valence electrons. The SMILES string of the molecule is Cc1nc(C(=O)Nc2ccc(Cl)nn2)cs1. The molecule has 0 saturated heterocycles. The molecule has 0 aliphatic heterocycles. The van der Waals surface area contributed by atoms with E-state index in [0.29, 0.717) is 11.5 Å². The number of nitrogens with zero attached hydrogens (tertiary/aromatic N) is 3. The summed E-state index contributed by atoms with van der Waals surface area (Å²) in [6.07, 6.45) is 0. The maximum absolute atomic E-state index is 11.6. The molecule has 0 atom stereocenters. The number of aryl methyl sites for hydroxylation is 1. The predicted molar refractivity (Wildman–Crippen MR) is 61.8 cm³/mol. The molecule has 2 rings (SSSR count). The first-order chi connectivity index (χ1) is 7.65. The Balaban J connectivity index is 2.10. The van der Waals surface area contributed by atoms with E-state index in [1.807, 2.05) is 6.92 Å². The lowest BCUT2D eigenvalue weighted by Gasteiger charge is -2.00. The summed E-state index contributed by atoms with van der Waals surface area (Å²) in [4.78, 5) is 15.7. The highest BCUT2D eigenvalue weighted by molar-refractivity contribution is 7.09. The zero-order valence-electron chi connectivity index (χ0n) is 8.27. The highest BCUT2D eigenvalue weighted by Gasteiger charge is 2.10. The van der Waals surface area contributed by atoms with Gasteiger partial charge in [-0.15, -0.1) is 21.5 Å². The molecule has 0 aromatic carbocycles. The van der Waals surface area contributed by atoms with Gasteiger partial charge in [0.15, 0.2) is 11.0 Å². The van der Waals surface area contributed by atoms with Crippen LogP contribution in [-0.4, -0.2) is 21.1 Å². The van der Waals surface area contributed by atoms with Gasteiger partial charge in [-0.25, -0.2) is 4.98 Å². The summed E-state index contributed by atoms with van der Waals surface area (Å²) in [6, 6.07) is 3.13. The smallest absolute Gasteiger partial charge is 0.276 e. The Morgan fingerprint density at radius 3 is 2.81 bits per heavy atom. The summed E-state index contributed by atoms with van der Waals surface area (Å²) in [6.45, 7) is 1.84. The first kappa shape index (κ1) is 11.0. The van der Waals surface area contributed by atoms with Crippen LogP contribution >= 0.6 is 22.9 Å². The van der Waals surface area contributed by atoms with Gasteiger partial charge in [0.05, 0.1) is 5.01 Å². The molecule has 7 heteroatoms. The van der Waals surface area contributed by atoms with Crippen LogP contribution in [-0.2, 0) is 0 Å². The van der Waals surface area contributed by atoms with Crippen LogP contribution in [0.4, 0.5) is 5.82 Å². The number of hydrogen-bond acceptors (Lipinski definition) is 5. The van der Waals surface area contributed by atoms with Gasteiger partial charge in [-0.05, 0) is 19.1 Å². The third-order valence-corrected chi connectivity index (χ3v) is 2.70. The second kappa shape index (κ2) is 4.54. The van der Waals surface area contributed by atoms with Crippen molar-refractivity contribution in [3.8, 4) is 0 Å². The predicted octanol–water partition coefficient (Wildman–Crippen LogP) is 2.15. The summed E-state index contributed by atoms with van der Waals surface area (Å²) >= 11 is 6.99. The number of hydrogen-bond donors (Lipinski definition) is 1. The van der Waals surface area contributed by atoms with E-state index in [4.69, 9.17) is 11.6 Å². The number of amides is 1. The molecular weight excluding hydrogens is 248 g/mol. The van der Waals surface area contributed by atoms with Gasteiger partial charge in [0.2, 0.25) is 0 Å². The largest absolute Gasteiger partial charge is 0.304 e. The number of anilines is 1. The van der Waals surface area contributed by atoms with E-state index in [2.05, 4.69) is 20.5 Å². The average Bonchev–Trinajstić information content (AvgIpc) is 2.68. The molecule has 0 saturated carbocycles. The first-order valence-corrected chi connectivity index (χ1v) is 5.63. The molecule has 2 aromatic rings. The molecular formula is C9H7ClN4OS. The van der Waals surface area contributed by atoms with E-state index >= 15 is 0 Å². The summed E-state index contributed by atoms with van der Waals surface area (Å²) in [5.74, 6) is 0.0426. The van der Waals surface area contributed by atoms with Crippen LogP contribution in [0.15, 0.2) is 17.5 Å². The highest BCUT2D eigenvalue weighted by atomic mass is 35.5. The molecule has 0 spiro atoms. The molecule has 16 heavy (non-hydrogen) atoms. The van der Waals surface area contributed by atoms with Gasteiger partial charge in [-0.3, -0.25) is 4.79 Å². The molecule has 1 N–H and O–H groups in total. The van der Waals surface area contributed by atoms with Crippen molar-refractivity contribution in [2.24, 2.45) is 0 Å². The van der Waals surface area contributed by atoms with Crippen LogP contribution in [0.25, 0.3) is 0 Å². The van der Waals surface area contributed by atoms with Gasteiger partial charge in [-0.2, -0.15) is 0 Å². The van der Waals surface area contributed by atoms with E-state index in [9.17, 15) is 4.79 Å². The first-order valence-electron chi connectivity index (χ1n) is 4.38. The maximum atomic E-state index is 11.6. The standard InChI is InChI=1S/C9H7ClN4OS/c1-5-11-6(4-16-5)9(15)12-8-3-2-7(10)13-14-8/h2-4H,1H3,(H,12,14,15). The molecule has 0 radical (unpaired) electrons. The fourth-order valence-corrected chi connectivity index (χ4v) is 1.72. The third kappa shape index (κ3) is 2.53. The van der Waals surface area contributed by atoms with Crippen molar-refractivity contribution in [1.29, 1.82) is 0 Å². The lowest BCUT2D eigenvalue weighted by atomic mass is 10.4. The van der Waals surface area contributed by atoms with Crippen molar-refractivity contribution < 1.29 is 4.79 Å². The van der Waals surface area contributed by atoms with E-state index in [1.165, 1.54) is 11.3 Å². The van der Waals surface area contributed by atoms with Crippen LogP contribution < -0.4 is 5.32 Å². The molecule has 0 aliphatic carbocycles. The number of thiazole rings is 1. The number of halogens is 1. The van der Waals surface area contributed by atoms with Crippen molar-refractivity contribution in [2.75, 3.05) is 5.32 Å². The Morgan fingerprint density at radius 1 is 1.44 bits per heavy atom. The topological polar surface area (TPSA) is 67.8 Å². The van der Waals surface area contributed by atoms with Gasteiger partial charge in [0, 0.05) is 5.38 Å². The quantitative estimate of drug-likeness (QED) is 0.892. The van der Waals surface area contributed by atoms with Crippen LogP contribution in [0.1, 0.15) is 15.5 Å². The van der Waals surface area contributed by atoms with Crippen molar-refractivity contribution >= 4 is 34.7 Å². The van der Waals surface area contributed by atoms with Gasteiger partial charge < -0.3 is 5.32 Å². The van der Waals surface area contributed by atoms with Crippen molar-refractivity contribution in [1.82, 2.24) is 15.2 Å². The number of nitrogens with one attached hydrogen (secondary N) is 1. The number of aromatic nitrogens is 3. The summed E-state index contributed by atoms with van der Waals surface area (Å²) < 4.78 is 0. The third-order valence-electron chi connectivity index (χ3n) is 1.73. The Labute approximate surface area is 101 Å². The van der Waals surface area contributed by atoms with Crippen molar-refractivity contribution in [3.63, 3.8) is 0 Å². The molecule has 0 fully saturated rings. The van der Waals surface area contributed by atoms with Crippen LogP contribution in [0.2, 0.25) is 5.15 Å². The Bertz CT molecular complexity index is 510. The van der Waals surface area contributed by atoms with Gasteiger partial charge in [0.1, 0.15) is 5.69 Å². The second-order valence-corrected chi connectivity index (χ2v) is 4.40. The summed E-state index contributed by atoms with van der Waals surface area (Å²) in [7, 11) is 0. The highest BCUT2D eigenvalue weighted by Crippen LogP contribution is 2.11. The normalized spacial score (nSPS) is 10.1. The minimum absolute atomic E-state index is 0.280. The Kier molecular flexibility index (Phi) is 3.12. The van der Waals surface area contributed by atoms with Crippen molar-refractivity contribution in [2.45, 2.75) is 6.92 Å². The molecule has 2 aromatic heterocycles. The monoisotopic (exact) mass is 254 g/mol. The number of carbonyl (C=O) groups is 1.